The maximum atomic E-state index is 3.63. The zero-order chi connectivity index (χ0) is 16.5. The highest BCUT2D eigenvalue weighted by molar-refractivity contribution is 5.33. The molecule has 3 heteroatoms. The van der Waals surface area contributed by atoms with Gasteiger partial charge in [-0.3, -0.25) is 0 Å². The molecule has 2 nitrogen and oxygen atoms in total. The summed E-state index contributed by atoms with van der Waals surface area (Å²) in [6, 6.07) is 6.59. The van der Waals surface area contributed by atoms with Gasteiger partial charge in [-0.25, -0.2) is 0 Å². The second-order valence-corrected chi connectivity index (χ2v) is 7.81. The van der Waals surface area contributed by atoms with E-state index in [0.29, 0.717) is 0 Å². The van der Waals surface area contributed by atoms with Crippen LogP contribution < -0.4 is 22.3 Å². The van der Waals surface area contributed by atoms with Crippen molar-refractivity contribution in [2.75, 3.05) is 33.2 Å². The number of hydrogen-bond donors (Lipinski definition) is 1. The van der Waals surface area contributed by atoms with E-state index in [2.05, 4.69) is 44.4 Å². The fraction of sp³-hybridized carbons (Fsp3) is 0.714. The molecular weight excluding hydrogens is 360 g/mol. The van der Waals surface area contributed by atoms with Gasteiger partial charge in [-0.15, -0.1) is 0 Å². The molecule has 0 aromatic heterocycles. The van der Waals surface area contributed by atoms with Gasteiger partial charge in [0.25, 0.3) is 0 Å². The van der Waals surface area contributed by atoms with Crippen LogP contribution in [0.25, 0.3) is 0 Å². The molecule has 1 N–H and O–H groups in total. The Morgan fingerprint density at radius 1 is 0.917 bits per heavy atom. The van der Waals surface area contributed by atoms with E-state index in [9.17, 15) is 0 Å². The third kappa shape index (κ3) is 7.25. The minimum atomic E-state index is 0. The van der Waals surface area contributed by atoms with Crippen molar-refractivity contribution < 1.29 is 21.5 Å². The molecule has 1 saturated heterocycles. The lowest BCUT2D eigenvalue weighted by Gasteiger charge is -2.37. The highest BCUT2D eigenvalue weighted by atomic mass is 79.9. The summed E-state index contributed by atoms with van der Waals surface area (Å²) < 4.78 is 1.34. The Labute approximate surface area is 160 Å². The Balaban J connectivity index is 0.00000288. The molecule has 0 atom stereocenters. The van der Waals surface area contributed by atoms with E-state index >= 15 is 0 Å². The lowest BCUT2D eigenvalue weighted by atomic mass is 10.0. The minimum Gasteiger partial charge on any atom is -1.00 e. The Hall–Kier alpha value is -0.380. The van der Waals surface area contributed by atoms with Gasteiger partial charge in [0.05, 0.1) is 26.7 Å². The van der Waals surface area contributed by atoms with Gasteiger partial charge in [0.1, 0.15) is 0 Å². The van der Waals surface area contributed by atoms with Crippen LogP contribution in [-0.4, -0.2) is 37.7 Å². The first kappa shape index (κ1) is 21.7. The summed E-state index contributed by atoms with van der Waals surface area (Å²) in [6.07, 6.45) is 9.85. The van der Waals surface area contributed by atoms with E-state index < -0.39 is 0 Å². The third-order valence-electron chi connectivity index (χ3n) is 5.64. The number of nitrogens with one attached hydrogen (secondary N) is 1. The lowest BCUT2D eigenvalue weighted by Crippen LogP contribution is -3.00. The van der Waals surface area contributed by atoms with Crippen molar-refractivity contribution in [1.29, 1.82) is 0 Å². The number of halogens is 1. The average Bonchev–Trinajstić information content (AvgIpc) is 2.53. The van der Waals surface area contributed by atoms with Crippen LogP contribution in [0.2, 0.25) is 0 Å². The fourth-order valence-electron chi connectivity index (χ4n) is 3.94. The largest absolute Gasteiger partial charge is 1.00 e. The number of nitrogens with zero attached hydrogens (tertiary/aromatic N) is 1. The molecule has 24 heavy (non-hydrogen) atoms. The van der Waals surface area contributed by atoms with Gasteiger partial charge in [0.15, 0.2) is 0 Å². The van der Waals surface area contributed by atoms with Gasteiger partial charge < -0.3 is 26.8 Å². The molecule has 0 aliphatic carbocycles. The van der Waals surface area contributed by atoms with Crippen molar-refractivity contribution in [1.82, 2.24) is 5.32 Å². The molecule has 1 aliphatic heterocycles. The van der Waals surface area contributed by atoms with Crippen molar-refractivity contribution in [2.24, 2.45) is 0 Å². The minimum absolute atomic E-state index is 0. The number of benzene rings is 1. The number of likely N-dealkylation sites (tertiary alicyclic amines) is 1. The molecule has 1 aromatic carbocycles. The van der Waals surface area contributed by atoms with Crippen molar-refractivity contribution in [3.8, 4) is 0 Å². The van der Waals surface area contributed by atoms with Gasteiger partial charge in [-0.1, -0.05) is 24.6 Å². The SMILES string of the molecule is Cc1cccc(C)c1CNCCCCCC[N+]1(C)CCCCC1.[Br-]. The molecule has 0 unspecified atom stereocenters. The molecule has 1 fully saturated rings. The summed E-state index contributed by atoms with van der Waals surface area (Å²) in [7, 11) is 2.46. The number of unbranched alkanes of at least 4 members (excludes halogenated alkanes) is 3. The molecular formula is C21H37BrN2. The average molecular weight is 397 g/mol. The zero-order valence-electron chi connectivity index (χ0n) is 16.0. The zero-order valence-corrected chi connectivity index (χ0v) is 17.6. The van der Waals surface area contributed by atoms with Gasteiger partial charge in [-0.2, -0.15) is 0 Å². The molecule has 1 aliphatic rings. The second-order valence-electron chi connectivity index (χ2n) is 7.81. The smallest absolute Gasteiger partial charge is 0.0784 e. The van der Waals surface area contributed by atoms with Gasteiger partial charge in [0, 0.05) is 6.54 Å². The Kier molecular flexibility index (Phi) is 10.2. The molecule has 1 heterocycles. The van der Waals surface area contributed by atoms with Crippen LogP contribution in [-0.2, 0) is 6.54 Å². The number of hydrogen-bond acceptors (Lipinski definition) is 1. The number of aryl methyl sites for hydroxylation is 2. The maximum Gasteiger partial charge on any atom is 0.0784 e. The van der Waals surface area contributed by atoms with E-state index in [-0.39, 0.29) is 17.0 Å². The molecule has 0 bridgehead atoms. The predicted molar refractivity (Wildman–Crippen MR) is 101 cm³/mol. The van der Waals surface area contributed by atoms with Gasteiger partial charge in [-0.05, 0) is 75.6 Å². The number of quaternary nitrogens is 1. The van der Waals surface area contributed by atoms with E-state index in [4.69, 9.17) is 0 Å². The summed E-state index contributed by atoms with van der Waals surface area (Å²) in [5, 5.41) is 3.63. The predicted octanol–water partition coefficient (Wildman–Crippen LogP) is 1.59. The van der Waals surface area contributed by atoms with Gasteiger partial charge >= 0.3 is 0 Å². The summed E-state index contributed by atoms with van der Waals surface area (Å²) >= 11 is 0. The van der Waals surface area contributed by atoms with Crippen molar-refractivity contribution in [2.45, 2.75) is 65.3 Å². The van der Waals surface area contributed by atoms with Crippen LogP contribution in [0.3, 0.4) is 0 Å². The summed E-state index contributed by atoms with van der Waals surface area (Å²) in [5.74, 6) is 0. The Bertz CT molecular complexity index is 447. The first-order valence-corrected chi connectivity index (χ1v) is 9.70. The van der Waals surface area contributed by atoms with Crippen LogP contribution >= 0.6 is 0 Å². The van der Waals surface area contributed by atoms with Crippen LogP contribution in [0.4, 0.5) is 0 Å². The topological polar surface area (TPSA) is 12.0 Å². The first-order valence-electron chi connectivity index (χ1n) is 9.70. The summed E-state index contributed by atoms with van der Waals surface area (Å²) in [6.45, 7) is 10.8. The molecule has 2 rings (SSSR count). The maximum absolute atomic E-state index is 3.63. The second kappa shape index (κ2) is 11.3. The van der Waals surface area contributed by atoms with E-state index in [0.717, 1.165) is 13.1 Å². The lowest BCUT2D eigenvalue weighted by molar-refractivity contribution is -0.914. The third-order valence-corrected chi connectivity index (χ3v) is 5.64. The van der Waals surface area contributed by atoms with E-state index in [1.165, 1.54) is 85.8 Å². The number of rotatable bonds is 9. The summed E-state index contributed by atoms with van der Waals surface area (Å²) in [4.78, 5) is 0. The molecule has 138 valence electrons. The molecule has 0 spiro atoms. The molecule has 0 saturated carbocycles. The van der Waals surface area contributed by atoms with E-state index in [1.807, 2.05) is 0 Å². The normalized spacial score (nSPS) is 16.6. The first-order chi connectivity index (χ1) is 11.1. The van der Waals surface area contributed by atoms with Crippen LogP contribution in [0.5, 0.6) is 0 Å². The van der Waals surface area contributed by atoms with Crippen LogP contribution in [0, 0.1) is 13.8 Å². The van der Waals surface area contributed by atoms with Crippen molar-refractivity contribution in [3.63, 3.8) is 0 Å². The van der Waals surface area contributed by atoms with Crippen LogP contribution in [0.1, 0.15) is 61.6 Å². The highest BCUT2D eigenvalue weighted by Gasteiger charge is 2.23. The Morgan fingerprint density at radius 3 is 2.21 bits per heavy atom. The number of piperidine rings is 1. The molecule has 1 aromatic rings. The molecule has 0 amide bonds. The van der Waals surface area contributed by atoms with E-state index in [1.54, 1.807) is 0 Å². The van der Waals surface area contributed by atoms with Crippen molar-refractivity contribution >= 4 is 0 Å². The highest BCUT2D eigenvalue weighted by Crippen LogP contribution is 2.17. The molecule has 0 radical (unpaired) electrons. The fourth-order valence-corrected chi connectivity index (χ4v) is 3.94. The van der Waals surface area contributed by atoms with Crippen molar-refractivity contribution in [3.05, 3.63) is 34.9 Å². The van der Waals surface area contributed by atoms with Crippen LogP contribution in [0.15, 0.2) is 18.2 Å². The standard InChI is InChI=1S/C21H37N2.BrH/c1-19-12-11-13-20(2)21(19)18-22-14-7-4-5-8-15-23(3)16-9-6-10-17-23;/h11-13,22H,4-10,14-18H2,1-3H3;1H/q+1;/p-1. The summed E-state index contributed by atoms with van der Waals surface area (Å²) in [5.41, 5.74) is 4.31. The quantitative estimate of drug-likeness (QED) is 0.493. The monoisotopic (exact) mass is 396 g/mol. The van der Waals surface area contributed by atoms with Gasteiger partial charge in [0.2, 0.25) is 0 Å². The Morgan fingerprint density at radius 2 is 1.54 bits per heavy atom.